The average molecular weight is 283 g/mol. The number of aromatic nitrogens is 3. The molecule has 0 bridgehead atoms. The van der Waals surface area contributed by atoms with Gasteiger partial charge in [0.1, 0.15) is 5.82 Å². The third kappa shape index (κ3) is 3.92. The number of aromatic amines is 1. The lowest BCUT2D eigenvalue weighted by Gasteiger charge is -2.04. The zero-order chi connectivity index (χ0) is 13.7. The molecule has 102 valence electrons. The van der Waals surface area contributed by atoms with E-state index in [9.17, 15) is 4.39 Å². The van der Waals surface area contributed by atoms with Gasteiger partial charge in [-0.15, -0.1) is 0 Å². The minimum absolute atomic E-state index is 0.480. The number of unbranched alkanes of at least 4 members (excludes halogenated alkanes) is 1. The van der Waals surface area contributed by atoms with E-state index in [1.165, 1.54) is 12.3 Å². The summed E-state index contributed by atoms with van der Waals surface area (Å²) in [4.78, 5) is 11.0. The molecule has 0 saturated carbocycles. The fourth-order valence-electron chi connectivity index (χ4n) is 1.69. The molecule has 0 spiro atoms. The predicted octanol–water partition coefficient (Wildman–Crippen LogP) is 3.55. The van der Waals surface area contributed by atoms with Gasteiger partial charge >= 0.3 is 0 Å². The molecule has 0 aliphatic heterocycles. The lowest BCUT2D eigenvalue weighted by Crippen LogP contribution is -2.01. The van der Waals surface area contributed by atoms with Crippen LogP contribution in [0.2, 0.25) is 5.15 Å². The van der Waals surface area contributed by atoms with E-state index in [4.69, 9.17) is 11.6 Å². The highest BCUT2D eigenvalue weighted by Crippen LogP contribution is 2.16. The van der Waals surface area contributed by atoms with Gasteiger partial charge in [-0.25, -0.2) is 9.97 Å². The van der Waals surface area contributed by atoms with Gasteiger partial charge in [-0.3, -0.25) is 0 Å². The van der Waals surface area contributed by atoms with Crippen LogP contribution in [0.25, 0.3) is 0 Å². The van der Waals surface area contributed by atoms with Crippen LogP contribution in [0.5, 0.6) is 0 Å². The van der Waals surface area contributed by atoms with Crippen molar-refractivity contribution < 1.29 is 4.39 Å². The van der Waals surface area contributed by atoms with Gasteiger partial charge in [0.2, 0.25) is 5.95 Å². The van der Waals surface area contributed by atoms with Crippen molar-refractivity contribution in [1.29, 1.82) is 0 Å². The summed E-state index contributed by atoms with van der Waals surface area (Å²) >= 11 is 6.06. The average Bonchev–Trinajstić information content (AvgIpc) is 2.76. The fraction of sp³-hybridized carbons (Fsp3) is 0.385. The van der Waals surface area contributed by atoms with Crippen LogP contribution in [0.1, 0.15) is 31.3 Å². The number of halogens is 2. The van der Waals surface area contributed by atoms with Crippen molar-refractivity contribution >= 4 is 17.3 Å². The van der Waals surface area contributed by atoms with Crippen molar-refractivity contribution in [2.45, 2.75) is 32.7 Å². The quantitative estimate of drug-likeness (QED) is 0.797. The van der Waals surface area contributed by atoms with Gasteiger partial charge in [0, 0.05) is 6.42 Å². The summed E-state index contributed by atoms with van der Waals surface area (Å²) in [6, 6.07) is 2.94. The van der Waals surface area contributed by atoms with Crippen molar-refractivity contribution in [3.63, 3.8) is 0 Å². The molecule has 0 unspecified atom stereocenters. The maximum atomic E-state index is 12.7. The van der Waals surface area contributed by atoms with Gasteiger partial charge in [0.25, 0.3) is 0 Å². The Bertz CT molecular complexity index is 524. The molecule has 0 radical (unpaired) electrons. The molecule has 0 aliphatic carbocycles. The second-order valence-corrected chi connectivity index (χ2v) is 4.64. The molecule has 19 heavy (non-hydrogen) atoms. The Morgan fingerprint density at radius 1 is 1.42 bits per heavy atom. The first-order chi connectivity index (χ1) is 9.19. The summed E-state index contributed by atoms with van der Waals surface area (Å²) in [5.41, 5.74) is 1.57. The number of aryl methyl sites for hydroxylation is 1. The van der Waals surface area contributed by atoms with Crippen molar-refractivity contribution in [3.8, 4) is 0 Å². The first-order valence-electron chi connectivity index (χ1n) is 6.27. The molecular weight excluding hydrogens is 267 g/mol. The number of nitrogens with one attached hydrogen (secondary N) is 2. The van der Waals surface area contributed by atoms with Crippen molar-refractivity contribution in [1.82, 2.24) is 15.0 Å². The maximum absolute atomic E-state index is 12.7. The molecule has 0 aliphatic rings. The van der Waals surface area contributed by atoms with Crippen molar-refractivity contribution in [2.24, 2.45) is 0 Å². The Balaban J connectivity index is 1.95. The number of hydrogen-bond donors (Lipinski definition) is 2. The zero-order valence-corrected chi connectivity index (χ0v) is 11.5. The topological polar surface area (TPSA) is 53.6 Å². The molecule has 0 amide bonds. The number of rotatable bonds is 6. The van der Waals surface area contributed by atoms with E-state index in [2.05, 4.69) is 27.2 Å². The van der Waals surface area contributed by atoms with Gasteiger partial charge in [0.15, 0.2) is 5.15 Å². The van der Waals surface area contributed by atoms with E-state index >= 15 is 0 Å². The summed E-state index contributed by atoms with van der Waals surface area (Å²) in [6.07, 6.45) is 4.54. The first kappa shape index (κ1) is 13.8. The minimum atomic E-state index is -0.494. The Kier molecular flexibility index (Phi) is 4.74. The van der Waals surface area contributed by atoms with Crippen LogP contribution in [0.15, 0.2) is 18.3 Å². The molecular formula is C13H16ClFN4. The molecule has 0 fully saturated rings. The second-order valence-electron chi connectivity index (χ2n) is 4.28. The lowest BCUT2D eigenvalue weighted by molar-refractivity contribution is 0.584. The first-order valence-corrected chi connectivity index (χ1v) is 6.65. The summed E-state index contributed by atoms with van der Waals surface area (Å²) in [7, 11) is 0. The van der Waals surface area contributed by atoms with Crippen LogP contribution >= 0.6 is 11.6 Å². The van der Waals surface area contributed by atoms with Gasteiger partial charge < -0.3 is 10.3 Å². The van der Waals surface area contributed by atoms with Crippen LogP contribution in [-0.4, -0.2) is 15.0 Å². The summed E-state index contributed by atoms with van der Waals surface area (Å²) in [5.74, 6) is 0.410. The molecule has 0 atom stereocenters. The normalized spacial score (nSPS) is 10.7. The molecule has 4 nitrogen and oxygen atoms in total. The maximum Gasteiger partial charge on any atom is 0.212 e. The van der Waals surface area contributed by atoms with Crippen LogP contribution in [0, 0.1) is 5.95 Å². The standard InChI is InChI=1S/C13H16ClFN4/c1-2-3-4-12-18-10(13(14)19-12)8-16-9-5-6-11(15)17-7-9/h5-7,16H,2-4,8H2,1H3,(H,18,19). The number of nitrogens with zero attached hydrogens (tertiary/aromatic N) is 2. The predicted molar refractivity (Wildman–Crippen MR) is 73.7 cm³/mol. The Labute approximate surface area is 116 Å². The van der Waals surface area contributed by atoms with Crippen LogP contribution < -0.4 is 5.32 Å². The third-order valence-electron chi connectivity index (χ3n) is 2.74. The Hall–Kier alpha value is -1.62. The smallest absolute Gasteiger partial charge is 0.212 e. The summed E-state index contributed by atoms with van der Waals surface area (Å²) in [6.45, 7) is 2.64. The molecule has 2 aromatic rings. The highest BCUT2D eigenvalue weighted by Gasteiger charge is 2.07. The Morgan fingerprint density at radius 3 is 2.95 bits per heavy atom. The number of pyridine rings is 1. The third-order valence-corrected chi connectivity index (χ3v) is 3.05. The molecule has 2 rings (SSSR count). The van der Waals surface area contributed by atoms with Crippen LogP contribution in [0.4, 0.5) is 10.1 Å². The van der Waals surface area contributed by atoms with E-state index in [0.29, 0.717) is 11.7 Å². The van der Waals surface area contributed by atoms with Gasteiger partial charge in [-0.1, -0.05) is 24.9 Å². The van der Waals surface area contributed by atoms with Gasteiger partial charge in [-0.2, -0.15) is 4.39 Å². The molecule has 0 saturated heterocycles. The van der Waals surface area contributed by atoms with Crippen LogP contribution in [0.3, 0.4) is 0 Å². The minimum Gasteiger partial charge on any atom is -0.378 e. The van der Waals surface area contributed by atoms with Gasteiger partial charge in [0.05, 0.1) is 24.1 Å². The molecule has 0 aromatic carbocycles. The lowest BCUT2D eigenvalue weighted by atomic mass is 10.2. The van der Waals surface area contributed by atoms with Crippen molar-refractivity contribution in [3.05, 3.63) is 40.9 Å². The van der Waals surface area contributed by atoms with E-state index in [-0.39, 0.29) is 0 Å². The number of hydrogen-bond acceptors (Lipinski definition) is 3. The summed E-state index contributed by atoms with van der Waals surface area (Å²) < 4.78 is 12.7. The van der Waals surface area contributed by atoms with Gasteiger partial charge in [-0.05, 0) is 18.6 Å². The van der Waals surface area contributed by atoms with Crippen LogP contribution in [-0.2, 0) is 13.0 Å². The fourth-order valence-corrected chi connectivity index (χ4v) is 1.91. The van der Waals surface area contributed by atoms with E-state index < -0.39 is 5.95 Å². The highest BCUT2D eigenvalue weighted by atomic mass is 35.5. The Morgan fingerprint density at radius 2 is 2.26 bits per heavy atom. The number of anilines is 1. The van der Waals surface area contributed by atoms with E-state index in [0.717, 1.165) is 36.5 Å². The molecule has 6 heteroatoms. The highest BCUT2D eigenvalue weighted by molar-refractivity contribution is 6.30. The molecule has 2 heterocycles. The van der Waals surface area contributed by atoms with E-state index in [1.807, 2.05) is 0 Å². The second kappa shape index (κ2) is 6.52. The molecule has 2 N–H and O–H groups in total. The monoisotopic (exact) mass is 282 g/mol. The SMILES string of the molecule is CCCCc1nc(Cl)c(CNc2ccc(F)nc2)[nH]1. The van der Waals surface area contributed by atoms with E-state index in [1.54, 1.807) is 6.07 Å². The largest absolute Gasteiger partial charge is 0.378 e. The molecule has 2 aromatic heterocycles. The zero-order valence-electron chi connectivity index (χ0n) is 10.7. The number of H-pyrrole nitrogens is 1. The summed E-state index contributed by atoms with van der Waals surface area (Å²) in [5, 5.41) is 3.59. The number of imidazole rings is 1. The van der Waals surface area contributed by atoms with Crippen molar-refractivity contribution in [2.75, 3.05) is 5.32 Å².